The van der Waals surface area contributed by atoms with Crippen LogP contribution in [0.5, 0.6) is 5.75 Å². The second kappa shape index (κ2) is 5.43. The number of ether oxygens (including phenoxy) is 1. The fourth-order valence-electron chi connectivity index (χ4n) is 1.02. The Kier molecular flexibility index (Phi) is 4.20. The summed E-state index contributed by atoms with van der Waals surface area (Å²) in [5, 5.41) is 10.0. The van der Waals surface area contributed by atoms with Gasteiger partial charge in [0.25, 0.3) is 0 Å². The molecule has 4 nitrogen and oxygen atoms in total. The van der Waals surface area contributed by atoms with Crippen molar-refractivity contribution >= 4 is 27.7 Å². The quantitative estimate of drug-likeness (QED) is 0.755. The van der Waals surface area contributed by atoms with Gasteiger partial charge in [0.05, 0.1) is 15.8 Å². The van der Waals surface area contributed by atoms with E-state index in [4.69, 9.17) is 0 Å². The van der Waals surface area contributed by atoms with E-state index in [9.17, 15) is 9.90 Å². The van der Waals surface area contributed by atoms with E-state index < -0.39 is 0 Å². The third-order valence-corrected chi connectivity index (χ3v) is 2.56. The highest BCUT2D eigenvalue weighted by molar-refractivity contribution is 7.20. The first-order chi connectivity index (χ1) is 7.22. The molecule has 2 heterocycles. The molecule has 0 spiro atoms. The Hall–Kier alpha value is -1.46. The van der Waals surface area contributed by atoms with Gasteiger partial charge < -0.3 is 9.84 Å². The molecule has 0 bridgehead atoms. The predicted octanol–water partition coefficient (Wildman–Crippen LogP) is 2.08. The Morgan fingerprint density at radius 3 is 2.67 bits per heavy atom. The molecule has 15 heavy (non-hydrogen) atoms. The van der Waals surface area contributed by atoms with Crippen LogP contribution >= 0.6 is 11.3 Å². The predicted molar refractivity (Wildman–Crippen MR) is 59.6 cm³/mol. The van der Waals surface area contributed by atoms with Gasteiger partial charge in [-0.3, -0.25) is 9.78 Å². The average Bonchev–Trinajstić information content (AvgIpc) is 2.63. The van der Waals surface area contributed by atoms with Crippen molar-refractivity contribution in [1.82, 2.24) is 4.98 Å². The van der Waals surface area contributed by atoms with Crippen molar-refractivity contribution in [3.63, 3.8) is 0 Å². The van der Waals surface area contributed by atoms with Gasteiger partial charge in [-0.05, 0) is 6.07 Å². The van der Waals surface area contributed by atoms with E-state index in [1.165, 1.54) is 17.5 Å². The molecule has 0 fully saturated rings. The molecule has 0 aromatic carbocycles. The number of aldehydes is 1. The molecule has 0 radical (unpaired) electrons. The molecule has 0 aliphatic rings. The molecule has 2 rings (SSSR count). The molecule has 1 N–H and O–H groups in total. The number of nitrogens with zero attached hydrogens (tertiary/aromatic N) is 1. The lowest BCUT2D eigenvalue weighted by atomic mass is 10.3. The van der Waals surface area contributed by atoms with Crippen LogP contribution in [0.3, 0.4) is 0 Å². The van der Waals surface area contributed by atoms with Crippen LogP contribution in [0.4, 0.5) is 0 Å². The summed E-state index contributed by atoms with van der Waals surface area (Å²) in [5.74, 6) is 0.122. The van der Waals surface area contributed by atoms with Crippen molar-refractivity contribution in [2.24, 2.45) is 0 Å². The van der Waals surface area contributed by atoms with Crippen LogP contribution < -0.4 is 0 Å². The van der Waals surface area contributed by atoms with Crippen LogP contribution in [-0.4, -0.2) is 30.6 Å². The van der Waals surface area contributed by atoms with Crippen LogP contribution in [0, 0.1) is 0 Å². The summed E-state index contributed by atoms with van der Waals surface area (Å²) in [6.07, 6.45) is 3.76. The van der Waals surface area contributed by atoms with Crippen LogP contribution in [-0.2, 0) is 4.74 Å². The summed E-state index contributed by atoms with van der Waals surface area (Å²) in [6.45, 7) is 0. The van der Waals surface area contributed by atoms with Gasteiger partial charge >= 0.3 is 0 Å². The monoisotopic (exact) mass is 225 g/mol. The van der Waals surface area contributed by atoms with Gasteiger partial charge in [0.1, 0.15) is 5.75 Å². The molecule has 0 unspecified atom stereocenters. The molecular weight excluding hydrogens is 214 g/mol. The summed E-state index contributed by atoms with van der Waals surface area (Å²) in [4.78, 5) is 14.8. The molecule has 0 aliphatic heterocycles. The first-order valence-corrected chi connectivity index (χ1v) is 4.96. The number of rotatable bonds is 1. The molecule has 5 heteroatoms. The normalized spacial score (nSPS) is 9.47. The van der Waals surface area contributed by atoms with Crippen molar-refractivity contribution in [1.29, 1.82) is 0 Å². The molecule has 2 aromatic heterocycles. The zero-order valence-electron chi connectivity index (χ0n) is 8.43. The Morgan fingerprint density at radius 2 is 2.13 bits per heavy atom. The van der Waals surface area contributed by atoms with Gasteiger partial charge in [-0.2, -0.15) is 0 Å². The van der Waals surface area contributed by atoms with E-state index in [1.807, 2.05) is 0 Å². The third kappa shape index (κ3) is 2.74. The summed E-state index contributed by atoms with van der Waals surface area (Å²) < 4.78 is 5.08. The minimum Gasteiger partial charge on any atom is -0.506 e. The van der Waals surface area contributed by atoms with E-state index >= 15 is 0 Å². The van der Waals surface area contributed by atoms with Gasteiger partial charge in [0, 0.05) is 25.8 Å². The SMILES string of the molecule is COC.O=Cc1cc2c(O)cncc2s1. The van der Waals surface area contributed by atoms with Gasteiger partial charge in [-0.1, -0.05) is 0 Å². The van der Waals surface area contributed by atoms with E-state index in [2.05, 4.69) is 9.72 Å². The summed E-state index contributed by atoms with van der Waals surface area (Å²) in [7, 11) is 3.25. The van der Waals surface area contributed by atoms with Crippen LogP contribution in [0.15, 0.2) is 18.5 Å². The van der Waals surface area contributed by atoms with Gasteiger partial charge in [0.15, 0.2) is 6.29 Å². The van der Waals surface area contributed by atoms with E-state index in [-0.39, 0.29) is 5.75 Å². The summed E-state index contributed by atoms with van der Waals surface area (Å²) in [6, 6.07) is 1.66. The second-order valence-corrected chi connectivity index (χ2v) is 3.86. The Bertz CT molecular complexity index is 453. The maximum Gasteiger partial charge on any atom is 0.160 e. The molecule has 0 atom stereocenters. The zero-order chi connectivity index (χ0) is 11.3. The van der Waals surface area contributed by atoms with Crippen LogP contribution in [0.2, 0.25) is 0 Å². The number of aromatic nitrogens is 1. The average molecular weight is 225 g/mol. The highest BCUT2D eigenvalue weighted by Gasteiger charge is 2.04. The van der Waals surface area contributed by atoms with Gasteiger partial charge in [0.2, 0.25) is 0 Å². The van der Waals surface area contributed by atoms with E-state index in [1.54, 1.807) is 26.5 Å². The number of methoxy groups -OCH3 is 1. The Labute approximate surface area is 91.1 Å². The largest absolute Gasteiger partial charge is 0.506 e. The van der Waals surface area contributed by atoms with Gasteiger partial charge in [-0.25, -0.2) is 0 Å². The molecule has 0 aliphatic carbocycles. The smallest absolute Gasteiger partial charge is 0.160 e. The lowest BCUT2D eigenvalue weighted by Gasteiger charge is -1.89. The first kappa shape index (κ1) is 11.6. The lowest BCUT2D eigenvalue weighted by Crippen LogP contribution is -1.69. The third-order valence-electron chi connectivity index (χ3n) is 1.56. The van der Waals surface area contributed by atoms with Crippen molar-refractivity contribution in [3.05, 3.63) is 23.3 Å². The molecule has 2 aromatic rings. The minimum absolute atomic E-state index is 0.122. The maximum absolute atomic E-state index is 10.4. The minimum atomic E-state index is 0.122. The zero-order valence-corrected chi connectivity index (χ0v) is 9.25. The first-order valence-electron chi connectivity index (χ1n) is 4.14. The number of aromatic hydroxyl groups is 1. The fourth-order valence-corrected chi connectivity index (χ4v) is 1.89. The topological polar surface area (TPSA) is 59.4 Å². The molecule has 0 amide bonds. The number of fused-ring (bicyclic) bond motifs is 1. The standard InChI is InChI=1S/C8H5NO2S.C2H6O/c10-4-5-1-6-7(11)2-9-3-8(6)12-5;1-3-2/h1-4,11H;1-2H3. The number of carbonyl (C=O) groups is 1. The number of hydrogen-bond acceptors (Lipinski definition) is 5. The van der Waals surface area contributed by atoms with Crippen LogP contribution in [0.25, 0.3) is 10.1 Å². The van der Waals surface area contributed by atoms with E-state index in [0.717, 1.165) is 11.0 Å². The molecular formula is C10H11NO3S. The highest BCUT2D eigenvalue weighted by Crippen LogP contribution is 2.29. The number of pyridine rings is 1. The van der Waals surface area contributed by atoms with E-state index in [0.29, 0.717) is 10.3 Å². The second-order valence-electron chi connectivity index (χ2n) is 2.75. The van der Waals surface area contributed by atoms with Crippen molar-refractivity contribution in [3.8, 4) is 5.75 Å². The number of hydrogen-bond donors (Lipinski definition) is 1. The summed E-state index contributed by atoms with van der Waals surface area (Å²) in [5.41, 5.74) is 0. The van der Waals surface area contributed by atoms with Crippen molar-refractivity contribution < 1.29 is 14.6 Å². The van der Waals surface area contributed by atoms with Crippen molar-refractivity contribution in [2.75, 3.05) is 14.2 Å². The molecule has 80 valence electrons. The van der Waals surface area contributed by atoms with Crippen molar-refractivity contribution in [2.45, 2.75) is 0 Å². The Morgan fingerprint density at radius 1 is 1.47 bits per heavy atom. The maximum atomic E-state index is 10.4. The number of thiophene rings is 1. The lowest BCUT2D eigenvalue weighted by molar-refractivity contribution is 0.112. The molecule has 0 saturated carbocycles. The highest BCUT2D eigenvalue weighted by atomic mass is 32.1. The summed E-state index contributed by atoms with van der Waals surface area (Å²) >= 11 is 1.32. The van der Waals surface area contributed by atoms with Crippen LogP contribution in [0.1, 0.15) is 9.67 Å². The van der Waals surface area contributed by atoms with Gasteiger partial charge in [-0.15, -0.1) is 11.3 Å². The number of carbonyl (C=O) groups excluding carboxylic acids is 1. The fraction of sp³-hybridized carbons (Fsp3) is 0.200. The Balaban J connectivity index is 0.000000337. The molecule has 0 saturated heterocycles.